The van der Waals surface area contributed by atoms with Crippen LogP contribution >= 0.6 is 0 Å². The van der Waals surface area contributed by atoms with E-state index in [-0.39, 0.29) is 12.5 Å². The van der Waals surface area contributed by atoms with E-state index in [1.165, 1.54) is 276 Å². The van der Waals surface area contributed by atoms with E-state index < -0.39 is 49.5 Å². The summed E-state index contributed by atoms with van der Waals surface area (Å²) in [7, 11) is 0. The molecule has 434 valence electrons. The first-order valence-corrected chi connectivity index (χ1v) is 32.4. The van der Waals surface area contributed by atoms with Crippen LogP contribution in [0.4, 0.5) is 0 Å². The quantitative estimate of drug-likeness (QED) is 0.0261. The lowest BCUT2D eigenvalue weighted by Gasteiger charge is -2.40. The van der Waals surface area contributed by atoms with Gasteiger partial charge in [-0.2, -0.15) is 0 Å². The van der Waals surface area contributed by atoms with Gasteiger partial charge in [0.15, 0.2) is 6.29 Å². The van der Waals surface area contributed by atoms with Crippen LogP contribution < -0.4 is 5.32 Å². The van der Waals surface area contributed by atoms with Gasteiger partial charge in [0.25, 0.3) is 0 Å². The molecule has 0 aromatic rings. The summed E-state index contributed by atoms with van der Waals surface area (Å²) in [6, 6.07) is -0.801. The third-order valence-electron chi connectivity index (χ3n) is 15.9. The number of hydrogen-bond acceptors (Lipinski definition) is 8. The average molecular weight is 1040 g/mol. The number of carbonyl (C=O) groups excluding carboxylic acids is 1. The van der Waals surface area contributed by atoms with E-state index in [1.807, 2.05) is 6.08 Å². The summed E-state index contributed by atoms with van der Waals surface area (Å²) in [5.41, 5.74) is 0. The SMILES string of the molecule is CCCCCCCCCCCCCCCCC/C=C/C(O)C(COC1OC(CO)C(O)C(O)C1O)NC(=O)CCCCCCCCCCCCCCCCCCCCCCCCCCCCCCCCCCC. The van der Waals surface area contributed by atoms with Gasteiger partial charge < -0.3 is 40.3 Å². The second-order valence-corrected chi connectivity index (χ2v) is 22.9. The molecule has 1 heterocycles. The number of aliphatic hydroxyl groups excluding tert-OH is 5. The molecule has 9 nitrogen and oxygen atoms in total. The monoisotopic (exact) mass is 1040 g/mol. The fraction of sp³-hybridized carbons (Fsp3) is 0.953. The predicted molar refractivity (Wildman–Crippen MR) is 309 cm³/mol. The lowest BCUT2D eigenvalue weighted by Crippen LogP contribution is -2.60. The molecule has 0 aliphatic carbocycles. The van der Waals surface area contributed by atoms with E-state index >= 15 is 0 Å². The van der Waals surface area contributed by atoms with Gasteiger partial charge in [0.05, 0.1) is 25.4 Å². The predicted octanol–water partition coefficient (Wildman–Crippen LogP) is 16.7. The van der Waals surface area contributed by atoms with E-state index in [1.54, 1.807) is 6.08 Å². The number of rotatable bonds is 57. The highest BCUT2D eigenvalue weighted by molar-refractivity contribution is 5.76. The second-order valence-electron chi connectivity index (χ2n) is 22.9. The number of nitrogens with one attached hydrogen (secondary N) is 1. The molecule has 6 N–H and O–H groups in total. The minimum absolute atomic E-state index is 0.169. The molecule has 0 spiro atoms. The highest BCUT2D eigenvalue weighted by atomic mass is 16.7. The van der Waals surface area contributed by atoms with Gasteiger partial charge in [0.2, 0.25) is 5.91 Å². The van der Waals surface area contributed by atoms with Gasteiger partial charge in [-0.1, -0.05) is 321 Å². The molecule has 1 aliphatic rings. The number of ether oxygens (including phenoxy) is 2. The molecule has 0 aromatic carbocycles. The molecule has 0 saturated carbocycles. The topological polar surface area (TPSA) is 149 Å². The Morgan fingerprint density at radius 2 is 0.753 bits per heavy atom. The third-order valence-corrected chi connectivity index (χ3v) is 15.9. The van der Waals surface area contributed by atoms with Gasteiger partial charge in [-0.3, -0.25) is 4.79 Å². The number of unbranched alkanes of at least 4 members (excludes halogenated alkanes) is 47. The normalized spacial score (nSPS) is 19.0. The largest absolute Gasteiger partial charge is 0.394 e. The summed E-state index contributed by atoms with van der Waals surface area (Å²) < 4.78 is 11.3. The van der Waals surface area contributed by atoms with Gasteiger partial charge in [-0.25, -0.2) is 0 Å². The molecule has 9 heteroatoms. The number of carbonyl (C=O) groups is 1. The minimum Gasteiger partial charge on any atom is -0.394 e. The third kappa shape index (κ3) is 43.6. The van der Waals surface area contributed by atoms with Crippen LogP contribution in [0.3, 0.4) is 0 Å². The number of allylic oxidation sites excluding steroid dienone is 1. The van der Waals surface area contributed by atoms with Crippen molar-refractivity contribution in [1.82, 2.24) is 5.32 Å². The fourth-order valence-corrected chi connectivity index (χ4v) is 10.8. The van der Waals surface area contributed by atoms with Crippen molar-refractivity contribution < 1.29 is 39.8 Å². The maximum atomic E-state index is 13.1. The Morgan fingerprint density at radius 3 is 1.07 bits per heavy atom. The molecule has 0 aromatic heterocycles. The smallest absolute Gasteiger partial charge is 0.220 e. The molecule has 7 unspecified atom stereocenters. The van der Waals surface area contributed by atoms with Gasteiger partial charge in [0, 0.05) is 6.42 Å². The van der Waals surface area contributed by atoms with Crippen LogP contribution in [0.5, 0.6) is 0 Å². The first-order chi connectivity index (χ1) is 35.8. The van der Waals surface area contributed by atoms with Crippen molar-refractivity contribution in [2.45, 2.75) is 378 Å². The molecule has 0 radical (unpaired) electrons. The van der Waals surface area contributed by atoms with Crippen LogP contribution in [-0.2, 0) is 14.3 Å². The van der Waals surface area contributed by atoms with Crippen molar-refractivity contribution in [3.63, 3.8) is 0 Å². The maximum Gasteiger partial charge on any atom is 0.220 e. The summed E-state index contributed by atoms with van der Waals surface area (Å²) >= 11 is 0. The summed E-state index contributed by atoms with van der Waals surface area (Å²) in [5.74, 6) is -0.169. The molecule has 7 atom stereocenters. The minimum atomic E-state index is -1.56. The Hall–Kier alpha value is -1.07. The van der Waals surface area contributed by atoms with Crippen LogP contribution in [0.1, 0.15) is 335 Å². The zero-order valence-corrected chi connectivity index (χ0v) is 48.4. The molecular formula is C64H125NO8. The van der Waals surface area contributed by atoms with E-state index in [0.29, 0.717) is 6.42 Å². The molecule has 1 fully saturated rings. The van der Waals surface area contributed by atoms with Crippen molar-refractivity contribution in [3.05, 3.63) is 12.2 Å². The molecule has 1 amide bonds. The van der Waals surface area contributed by atoms with Crippen molar-refractivity contribution in [1.29, 1.82) is 0 Å². The summed E-state index contributed by atoms with van der Waals surface area (Å²) in [6.07, 6.45) is 61.7. The van der Waals surface area contributed by atoms with Crippen LogP contribution in [0.15, 0.2) is 12.2 Å². The van der Waals surface area contributed by atoms with E-state index in [2.05, 4.69) is 19.2 Å². The van der Waals surface area contributed by atoms with E-state index in [4.69, 9.17) is 9.47 Å². The van der Waals surface area contributed by atoms with Crippen LogP contribution in [0, 0.1) is 0 Å². The zero-order valence-electron chi connectivity index (χ0n) is 48.4. The average Bonchev–Trinajstić information content (AvgIpc) is 3.39. The molecule has 1 aliphatic heterocycles. The van der Waals surface area contributed by atoms with Crippen LogP contribution in [0.2, 0.25) is 0 Å². The Balaban J connectivity index is 2.09. The standard InChI is InChI=1S/C64H125NO8/c1-3-5-7-9-11-13-15-17-19-21-22-23-24-25-26-27-28-29-30-31-32-33-34-35-36-38-40-42-44-46-48-50-52-54-60(68)65-57(56-72-64-63(71)62(70)61(69)59(55-66)73-64)58(67)53-51-49-47-45-43-41-39-37-20-18-16-14-12-10-8-6-4-2/h51,53,57-59,61-64,66-67,69-71H,3-50,52,54-56H2,1-2H3,(H,65,68)/b53-51+. The maximum absolute atomic E-state index is 13.1. The lowest BCUT2D eigenvalue weighted by molar-refractivity contribution is -0.302. The summed E-state index contributed by atoms with van der Waals surface area (Å²) in [6.45, 7) is 3.83. The summed E-state index contributed by atoms with van der Waals surface area (Å²) in [5, 5.41) is 54.6. The molecule has 1 rings (SSSR count). The van der Waals surface area contributed by atoms with Crippen LogP contribution in [-0.4, -0.2) is 87.5 Å². The molecular weight excluding hydrogens is 911 g/mol. The van der Waals surface area contributed by atoms with Crippen molar-refractivity contribution in [2.24, 2.45) is 0 Å². The van der Waals surface area contributed by atoms with Crippen molar-refractivity contribution in [2.75, 3.05) is 13.2 Å². The fourth-order valence-electron chi connectivity index (χ4n) is 10.8. The van der Waals surface area contributed by atoms with Crippen molar-refractivity contribution >= 4 is 5.91 Å². The van der Waals surface area contributed by atoms with Crippen LogP contribution in [0.25, 0.3) is 0 Å². The Kier molecular flexibility index (Phi) is 52.0. The Labute approximate surface area is 452 Å². The lowest BCUT2D eigenvalue weighted by atomic mass is 9.99. The number of amides is 1. The zero-order chi connectivity index (χ0) is 52.9. The second kappa shape index (κ2) is 54.3. The molecule has 1 saturated heterocycles. The van der Waals surface area contributed by atoms with Gasteiger partial charge in [-0.05, 0) is 19.3 Å². The van der Waals surface area contributed by atoms with Gasteiger partial charge in [-0.15, -0.1) is 0 Å². The van der Waals surface area contributed by atoms with E-state index in [9.17, 15) is 30.3 Å². The van der Waals surface area contributed by atoms with Crippen molar-refractivity contribution in [3.8, 4) is 0 Å². The Bertz CT molecular complexity index is 1150. The highest BCUT2D eigenvalue weighted by Gasteiger charge is 2.44. The Morgan fingerprint density at radius 1 is 0.452 bits per heavy atom. The van der Waals surface area contributed by atoms with Gasteiger partial charge >= 0.3 is 0 Å². The highest BCUT2D eigenvalue weighted by Crippen LogP contribution is 2.23. The first kappa shape index (κ1) is 69.9. The first-order valence-electron chi connectivity index (χ1n) is 32.4. The molecule has 73 heavy (non-hydrogen) atoms. The number of hydrogen-bond donors (Lipinski definition) is 6. The number of aliphatic hydroxyl groups is 5. The van der Waals surface area contributed by atoms with E-state index in [0.717, 1.165) is 38.5 Å². The molecule has 0 bridgehead atoms. The summed E-state index contributed by atoms with van der Waals surface area (Å²) in [4.78, 5) is 13.1. The van der Waals surface area contributed by atoms with Gasteiger partial charge in [0.1, 0.15) is 24.4 Å².